The number of aliphatic carboxylic acids is 1. The summed E-state index contributed by atoms with van der Waals surface area (Å²) in [5.74, 6) is -0.706. The maximum absolute atomic E-state index is 12.2. The van der Waals surface area contributed by atoms with Crippen molar-refractivity contribution in [3.63, 3.8) is 0 Å². The molecule has 122 valence electrons. The van der Waals surface area contributed by atoms with Crippen molar-refractivity contribution in [3.8, 4) is 11.5 Å². The second kappa shape index (κ2) is 7.49. The average Bonchev–Trinajstić information content (AvgIpc) is 2.44. The Kier molecular flexibility index (Phi) is 6.22. The van der Waals surface area contributed by atoms with Crippen molar-refractivity contribution in [2.75, 3.05) is 13.7 Å². The summed E-state index contributed by atoms with van der Waals surface area (Å²) in [7, 11) is 1.48. The molecule has 0 atom stereocenters. The number of hydrogen-bond donors (Lipinski definition) is 2. The summed E-state index contributed by atoms with van der Waals surface area (Å²) in [6.07, 6.45) is 0.838. The van der Waals surface area contributed by atoms with Gasteiger partial charge in [0.25, 0.3) is 5.91 Å². The Bertz CT molecular complexity index is 571. The van der Waals surface area contributed by atoms with Gasteiger partial charge in [-0.05, 0) is 48.3 Å². The molecule has 0 fully saturated rings. The highest BCUT2D eigenvalue weighted by atomic mass is 79.9. The van der Waals surface area contributed by atoms with E-state index in [4.69, 9.17) is 14.6 Å². The van der Waals surface area contributed by atoms with Crippen LogP contribution in [-0.4, -0.2) is 36.2 Å². The first-order valence-electron chi connectivity index (χ1n) is 6.79. The highest BCUT2D eigenvalue weighted by molar-refractivity contribution is 9.10. The highest BCUT2D eigenvalue weighted by Gasteiger charge is 2.29. The topological polar surface area (TPSA) is 84.9 Å². The van der Waals surface area contributed by atoms with E-state index in [1.807, 2.05) is 6.92 Å². The molecule has 1 amide bonds. The van der Waals surface area contributed by atoms with E-state index in [1.165, 1.54) is 27.0 Å². The molecule has 0 aliphatic heterocycles. The second-order valence-electron chi connectivity index (χ2n) is 5.22. The molecule has 0 aromatic heterocycles. The maximum atomic E-state index is 12.2. The zero-order valence-corrected chi connectivity index (χ0v) is 14.6. The van der Waals surface area contributed by atoms with Gasteiger partial charge < -0.3 is 19.9 Å². The molecule has 2 N–H and O–H groups in total. The zero-order valence-electron chi connectivity index (χ0n) is 13.0. The Morgan fingerprint density at radius 1 is 1.36 bits per heavy atom. The van der Waals surface area contributed by atoms with E-state index in [-0.39, 0.29) is 5.56 Å². The fourth-order valence-corrected chi connectivity index (χ4v) is 2.16. The minimum absolute atomic E-state index is 0.280. The molecule has 6 nitrogen and oxygen atoms in total. The van der Waals surface area contributed by atoms with Gasteiger partial charge in [0, 0.05) is 5.56 Å². The number of hydrogen-bond acceptors (Lipinski definition) is 4. The van der Waals surface area contributed by atoms with Gasteiger partial charge in [0.05, 0.1) is 18.2 Å². The lowest BCUT2D eigenvalue weighted by molar-refractivity contribution is -0.143. The van der Waals surface area contributed by atoms with Crippen LogP contribution in [0.15, 0.2) is 16.6 Å². The number of carboxylic acids is 1. The molecule has 1 rings (SSSR count). The average molecular weight is 374 g/mol. The van der Waals surface area contributed by atoms with E-state index in [0.29, 0.717) is 22.6 Å². The number of carboxylic acid groups (broad SMARTS) is 1. The van der Waals surface area contributed by atoms with Gasteiger partial charge in [0.15, 0.2) is 11.5 Å². The second-order valence-corrected chi connectivity index (χ2v) is 6.08. The first-order valence-corrected chi connectivity index (χ1v) is 7.58. The summed E-state index contributed by atoms with van der Waals surface area (Å²) in [5, 5.41) is 11.5. The van der Waals surface area contributed by atoms with E-state index in [1.54, 1.807) is 6.07 Å². The summed E-state index contributed by atoms with van der Waals surface area (Å²) < 4.78 is 11.4. The van der Waals surface area contributed by atoms with Gasteiger partial charge in [-0.1, -0.05) is 6.92 Å². The van der Waals surface area contributed by atoms with Gasteiger partial charge in [0.2, 0.25) is 0 Å². The van der Waals surface area contributed by atoms with Crippen molar-refractivity contribution in [1.29, 1.82) is 0 Å². The molecule has 0 saturated carbocycles. The molecule has 0 aliphatic rings. The number of amides is 1. The first-order chi connectivity index (χ1) is 10.2. The third kappa shape index (κ3) is 4.37. The van der Waals surface area contributed by atoms with E-state index in [9.17, 15) is 9.59 Å². The number of ether oxygens (including phenoxy) is 2. The van der Waals surface area contributed by atoms with E-state index >= 15 is 0 Å². The minimum Gasteiger partial charge on any atom is -0.493 e. The van der Waals surface area contributed by atoms with Gasteiger partial charge in [-0.25, -0.2) is 4.79 Å². The van der Waals surface area contributed by atoms with Crippen LogP contribution in [0.3, 0.4) is 0 Å². The summed E-state index contributed by atoms with van der Waals surface area (Å²) in [6.45, 7) is 5.33. The van der Waals surface area contributed by atoms with Crippen LogP contribution < -0.4 is 14.8 Å². The van der Waals surface area contributed by atoms with Crippen LogP contribution in [0.4, 0.5) is 0 Å². The third-order valence-corrected chi connectivity index (χ3v) is 3.49. The highest BCUT2D eigenvalue weighted by Crippen LogP contribution is 2.36. The molecule has 0 aliphatic carbocycles. The van der Waals surface area contributed by atoms with Crippen molar-refractivity contribution in [3.05, 3.63) is 22.2 Å². The lowest BCUT2D eigenvalue weighted by Crippen LogP contribution is -2.49. The van der Waals surface area contributed by atoms with Gasteiger partial charge in [-0.3, -0.25) is 4.79 Å². The van der Waals surface area contributed by atoms with Crippen LogP contribution in [0.2, 0.25) is 0 Å². The first kappa shape index (κ1) is 18.3. The van der Waals surface area contributed by atoms with E-state index in [2.05, 4.69) is 21.2 Å². The number of nitrogens with one attached hydrogen (secondary N) is 1. The van der Waals surface area contributed by atoms with Crippen molar-refractivity contribution in [2.45, 2.75) is 32.7 Å². The molecule has 0 bridgehead atoms. The zero-order chi connectivity index (χ0) is 16.9. The number of carbonyl (C=O) groups is 2. The van der Waals surface area contributed by atoms with Crippen LogP contribution in [0.5, 0.6) is 11.5 Å². The Morgan fingerprint density at radius 3 is 2.50 bits per heavy atom. The number of rotatable bonds is 7. The number of carbonyl (C=O) groups excluding carboxylic acids is 1. The van der Waals surface area contributed by atoms with Gasteiger partial charge in [-0.15, -0.1) is 0 Å². The Labute approximate surface area is 137 Å². The van der Waals surface area contributed by atoms with Gasteiger partial charge in [0.1, 0.15) is 5.54 Å². The van der Waals surface area contributed by atoms with E-state index in [0.717, 1.165) is 6.42 Å². The largest absolute Gasteiger partial charge is 0.493 e. The van der Waals surface area contributed by atoms with Crippen LogP contribution in [0.25, 0.3) is 0 Å². The van der Waals surface area contributed by atoms with E-state index < -0.39 is 17.4 Å². The number of benzene rings is 1. The summed E-state index contributed by atoms with van der Waals surface area (Å²) >= 11 is 3.34. The Hall–Kier alpha value is -1.76. The summed E-state index contributed by atoms with van der Waals surface area (Å²) in [5.41, 5.74) is -1.09. The molecule has 7 heteroatoms. The molecule has 1 aromatic carbocycles. The predicted octanol–water partition coefficient (Wildman–Crippen LogP) is 2.84. The molecule has 22 heavy (non-hydrogen) atoms. The van der Waals surface area contributed by atoms with Crippen molar-refractivity contribution < 1.29 is 24.2 Å². The van der Waals surface area contributed by atoms with Gasteiger partial charge in [-0.2, -0.15) is 0 Å². The van der Waals surface area contributed by atoms with Crippen LogP contribution in [-0.2, 0) is 4.79 Å². The molecular weight excluding hydrogens is 354 g/mol. The SMILES string of the molecule is CCCOc1c(Br)cc(C(=O)NC(C)(C)C(=O)O)cc1OC. The molecule has 0 heterocycles. The predicted molar refractivity (Wildman–Crippen MR) is 85.7 cm³/mol. The van der Waals surface area contributed by atoms with Crippen molar-refractivity contribution in [1.82, 2.24) is 5.32 Å². The van der Waals surface area contributed by atoms with Crippen LogP contribution in [0.1, 0.15) is 37.6 Å². The van der Waals surface area contributed by atoms with Crippen molar-refractivity contribution >= 4 is 27.8 Å². The Morgan fingerprint density at radius 2 is 2.00 bits per heavy atom. The molecule has 0 radical (unpaired) electrons. The molecular formula is C15H20BrNO5. The number of halogens is 1. The standard InChI is InChI=1S/C15H20BrNO5/c1-5-6-22-12-10(16)7-9(8-11(12)21-4)13(18)17-15(2,3)14(19)20/h7-8H,5-6H2,1-4H3,(H,17,18)(H,19,20). The molecule has 1 aromatic rings. The summed E-state index contributed by atoms with van der Waals surface area (Å²) in [4.78, 5) is 23.3. The Balaban J connectivity index is 3.09. The summed E-state index contributed by atoms with van der Waals surface area (Å²) in [6, 6.07) is 3.09. The molecule has 0 saturated heterocycles. The monoisotopic (exact) mass is 373 g/mol. The van der Waals surface area contributed by atoms with Gasteiger partial charge >= 0.3 is 5.97 Å². The third-order valence-electron chi connectivity index (χ3n) is 2.90. The lowest BCUT2D eigenvalue weighted by Gasteiger charge is -2.21. The fraction of sp³-hybridized carbons (Fsp3) is 0.467. The molecule has 0 unspecified atom stereocenters. The minimum atomic E-state index is -1.37. The normalized spacial score (nSPS) is 11.0. The quantitative estimate of drug-likeness (QED) is 0.767. The lowest BCUT2D eigenvalue weighted by atomic mass is 10.1. The fourth-order valence-electron chi connectivity index (χ4n) is 1.60. The smallest absolute Gasteiger partial charge is 0.328 e. The van der Waals surface area contributed by atoms with Crippen LogP contribution in [0, 0.1) is 0 Å². The van der Waals surface area contributed by atoms with Crippen LogP contribution >= 0.6 is 15.9 Å². The molecule has 0 spiro atoms. The number of methoxy groups -OCH3 is 1. The van der Waals surface area contributed by atoms with Crippen molar-refractivity contribution in [2.24, 2.45) is 0 Å². The maximum Gasteiger partial charge on any atom is 0.328 e.